The van der Waals surface area contributed by atoms with E-state index in [1.54, 1.807) is 0 Å². The molecular weight excluding hydrogens is 258 g/mol. The SMILES string of the molecule is OC1CC(Cc2ccccc2)CCN1Cc1ccccc1. The second kappa shape index (κ2) is 6.88. The number of nitrogens with zero attached hydrogens (tertiary/aromatic N) is 1. The van der Waals surface area contributed by atoms with Crippen LogP contribution in [0.2, 0.25) is 0 Å². The van der Waals surface area contributed by atoms with Crippen molar-refractivity contribution in [2.24, 2.45) is 5.92 Å². The van der Waals surface area contributed by atoms with Gasteiger partial charge in [-0.1, -0.05) is 60.7 Å². The summed E-state index contributed by atoms with van der Waals surface area (Å²) in [6.45, 7) is 1.83. The first-order valence-corrected chi connectivity index (χ1v) is 7.81. The molecule has 0 amide bonds. The summed E-state index contributed by atoms with van der Waals surface area (Å²) in [5.41, 5.74) is 2.66. The molecule has 0 spiro atoms. The molecular formula is C19H23NO. The summed E-state index contributed by atoms with van der Waals surface area (Å²) >= 11 is 0. The molecule has 21 heavy (non-hydrogen) atoms. The van der Waals surface area contributed by atoms with Crippen LogP contribution in [-0.2, 0) is 13.0 Å². The highest BCUT2D eigenvalue weighted by molar-refractivity contribution is 5.16. The highest BCUT2D eigenvalue weighted by Gasteiger charge is 2.26. The van der Waals surface area contributed by atoms with Crippen LogP contribution in [0.3, 0.4) is 0 Å². The second-order valence-corrected chi connectivity index (χ2v) is 6.02. The molecule has 1 fully saturated rings. The van der Waals surface area contributed by atoms with Crippen LogP contribution in [0.1, 0.15) is 24.0 Å². The van der Waals surface area contributed by atoms with E-state index in [2.05, 4.69) is 59.5 Å². The zero-order valence-corrected chi connectivity index (χ0v) is 12.4. The molecule has 2 nitrogen and oxygen atoms in total. The lowest BCUT2D eigenvalue weighted by molar-refractivity contribution is -0.0474. The first-order valence-electron chi connectivity index (χ1n) is 7.81. The summed E-state index contributed by atoms with van der Waals surface area (Å²) in [5, 5.41) is 10.4. The molecule has 2 aromatic carbocycles. The predicted octanol–water partition coefficient (Wildman–Crippen LogP) is 3.46. The lowest BCUT2D eigenvalue weighted by atomic mass is 9.89. The molecule has 2 unspecified atom stereocenters. The Hall–Kier alpha value is -1.64. The van der Waals surface area contributed by atoms with E-state index < -0.39 is 0 Å². The summed E-state index contributed by atoms with van der Waals surface area (Å²) < 4.78 is 0. The quantitative estimate of drug-likeness (QED) is 0.927. The van der Waals surface area contributed by atoms with Crippen LogP contribution in [0.15, 0.2) is 60.7 Å². The predicted molar refractivity (Wildman–Crippen MR) is 85.7 cm³/mol. The van der Waals surface area contributed by atoms with Gasteiger partial charge >= 0.3 is 0 Å². The largest absolute Gasteiger partial charge is 0.378 e. The van der Waals surface area contributed by atoms with E-state index in [0.717, 1.165) is 25.9 Å². The number of rotatable bonds is 4. The van der Waals surface area contributed by atoms with Gasteiger partial charge in [-0.15, -0.1) is 0 Å². The minimum absolute atomic E-state index is 0.312. The topological polar surface area (TPSA) is 23.5 Å². The summed E-state index contributed by atoms with van der Waals surface area (Å²) in [6.07, 6.45) is 2.81. The highest BCUT2D eigenvalue weighted by Crippen LogP contribution is 2.26. The van der Waals surface area contributed by atoms with Crippen LogP contribution in [0.25, 0.3) is 0 Å². The van der Waals surface area contributed by atoms with Crippen molar-refractivity contribution in [2.75, 3.05) is 6.54 Å². The molecule has 110 valence electrons. The van der Waals surface area contributed by atoms with E-state index in [0.29, 0.717) is 5.92 Å². The second-order valence-electron chi connectivity index (χ2n) is 6.02. The molecule has 1 heterocycles. The third-order valence-electron chi connectivity index (χ3n) is 4.39. The number of hydrogen-bond donors (Lipinski definition) is 1. The fourth-order valence-corrected chi connectivity index (χ4v) is 3.20. The van der Waals surface area contributed by atoms with Crippen LogP contribution >= 0.6 is 0 Å². The van der Waals surface area contributed by atoms with Gasteiger partial charge in [0.2, 0.25) is 0 Å². The Kier molecular flexibility index (Phi) is 4.69. The molecule has 0 saturated carbocycles. The van der Waals surface area contributed by atoms with Crippen molar-refractivity contribution >= 4 is 0 Å². The Morgan fingerprint density at radius 1 is 0.905 bits per heavy atom. The first kappa shape index (κ1) is 14.3. The van der Waals surface area contributed by atoms with Gasteiger partial charge in [0, 0.05) is 13.1 Å². The Morgan fingerprint density at radius 3 is 2.14 bits per heavy atom. The van der Waals surface area contributed by atoms with Crippen molar-refractivity contribution < 1.29 is 5.11 Å². The summed E-state index contributed by atoms with van der Waals surface area (Å²) in [4.78, 5) is 2.19. The van der Waals surface area contributed by atoms with E-state index in [-0.39, 0.29) is 6.23 Å². The van der Waals surface area contributed by atoms with Crippen LogP contribution < -0.4 is 0 Å². The third kappa shape index (κ3) is 3.93. The third-order valence-corrected chi connectivity index (χ3v) is 4.39. The zero-order valence-electron chi connectivity index (χ0n) is 12.4. The number of piperidine rings is 1. The monoisotopic (exact) mass is 281 g/mol. The Labute approximate surface area is 127 Å². The molecule has 2 atom stereocenters. The molecule has 0 radical (unpaired) electrons. The zero-order chi connectivity index (χ0) is 14.5. The summed E-state index contributed by atoms with van der Waals surface area (Å²) in [5.74, 6) is 0.592. The van der Waals surface area contributed by atoms with Gasteiger partial charge in [0.25, 0.3) is 0 Å². The van der Waals surface area contributed by atoms with Crippen molar-refractivity contribution in [1.82, 2.24) is 4.90 Å². The molecule has 1 aliphatic heterocycles. The van der Waals surface area contributed by atoms with Crippen molar-refractivity contribution in [3.05, 3.63) is 71.8 Å². The van der Waals surface area contributed by atoms with Gasteiger partial charge in [-0.25, -0.2) is 0 Å². The minimum atomic E-state index is -0.312. The molecule has 2 heteroatoms. The van der Waals surface area contributed by atoms with Gasteiger partial charge in [-0.2, -0.15) is 0 Å². The molecule has 0 aliphatic carbocycles. The highest BCUT2D eigenvalue weighted by atomic mass is 16.3. The van der Waals surface area contributed by atoms with E-state index in [1.165, 1.54) is 17.5 Å². The number of aliphatic hydroxyl groups is 1. The van der Waals surface area contributed by atoms with Gasteiger partial charge in [0.15, 0.2) is 0 Å². The Balaban J connectivity index is 1.54. The molecule has 2 aromatic rings. The van der Waals surface area contributed by atoms with Crippen molar-refractivity contribution in [3.63, 3.8) is 0 Å². The van der Waals surface area contributed by atoms with Gasteiger partial charge < -0.3 is 5.11 Å². The maximum Gasteiger partial charge on any atom is 0.107 e. The smallest absolute Gasteiger partial charge is 0.107 e. The van der Waals surface area contributed by atoms with Gasteiger partial charge in [-0.05, 0) is 36.3 Å². The average molecular weight is 281 g/mol. The average Bonchev–Trinajstić information content (AvgIpc) is 2.52. The van der Waals surface area contributed by atoms with Gasteiger partial charge in [0.05, 0.1) is 0 Å². The van der Waals surface area contributed by atoms with Crippen LogP contribution in [0, 0.1) is 5.92 Å². The summed E-state index contributed by atoms with van der Waals surface area (Å²) in [7, 11) is 0. The van der Waals surface area contributed by atoms with Crippen molar-refractivity contribution in [1.29, 1.82) is 0 Å². The van der Waals surface area contributed by atoms with E-state index in [9.17, 15) is 5.11 Å². The normalized spacial score (nSPS) is 23.1. The fraction of sp³-hybridized carbons (Fsp3) is 0.368. The minimum Gasteiger partial charge on any atom is -0.378 e. The standard InChI is InChI=1S/C19H23NO/c21-19-14-18(13-16-7-3-1-4-8-16)11-12-20(19)15-17-9-5-2-6-10-17/h1-10,18-19,21H,11-15H2. The lowest BCUT2D eigenvalue weighted by Crippen LogP contribution is -2.42. The Bertz CT molecular complexity index is 540. The molecule has 1 aliphatic rings. The molecule has 1 saturated heterocycles. The number of aliphatic hydroxyl groups excluding tert-OH is 1. The fourth-order valence-electron chi connectivity index (χ4n) is 3.20. The molecule has 0 aromatic heterocycles. The molecule has 0 bridgehead atoms. The van der Waals surface area contributed by atoms with Gasteiger partial charge in [0.1, 0.15) is 6.23 Å². The van der Waals surface area contributed by atoms with Crippen molar-refractivity contribution in [3.8, 4) is 0 Å². The van der Waals surface area contributed by atoms with Crippen LogP contribution in [0.5, 0.6) is 0 Å². The maximum atomic E-state index is 10.4. The number of benzene rings is 2. The van der Waals surface area contributed by atoms with Crippen molar-refractivity contribution in [2.45, 2.75) is 32.0 Å². The van der Waals surface area contributed by atoms with E-state index in [1.807, 2.05) is 6.07 Å². The maximum absolute atomic E-state index is 10.4. The van der Waals surface area contributed by atoms with E-state index in [4.69, 9.17) is 0 Å². The Morgan fingerprint density at radius 2 is 1.52 bits per heavy atom. The number of hydrogen-bond acceptors (Lipinski definition) is 2. The molecule has 3 rings (SSSR count). The van der Waals surface area contributed by atoms with Crippen LogP contribution in [-0.4, -0.2) is 22.8 Å². The molecule has 1 N–H and O–H groups in total. The summed E-state index contributed by atoms with van der Waals surface area (Å²) in [6, 6.07) is 21.0. The van der Waals surface area contributed by atoms with E-state index >= 15 is 0 Å². The van der Waals surface area contributed by atoms with Gasteiger partial charge in [-0.3, -0.25) is 4.90 Å². The lowest BCUT2D eigenvalue weighted by Gasteiger charge is -2.36. The van der Waals surface area contributed by atoms with Crippen LogP contribution in [0.4, 0.5) is 0 Å². The first-order chi connectivity index (χ1) is 10.3. The number of likely N-dealkylation sites (tertiary alicyclic amines) is 1.